The van der Waals surface area contributed by atoms with Crippen LogP contribution in [0.3, 0.4) is 0 Å². The van der Waals surface area contributed by atoms with Crippen LogP contribution in [0.2, 0.25) is 0 Å². The first-order valence-electron chi connectivity index (χ1n) is 5.81. The van der Waals surface area contributed by atoms with E-state index in [0.717, 1.165) is 0 Å². The Hall–Kier alpha value is -2.13. The number of benzene rings is 1. The van der Waals surface area contributed by atoms with Crippen molar-refractivity contribution in [3.8, 4) is 0 Å². The first-order chi connectivity index (χ1) is 9.34. The third-order valence-corrected chi connectivity index (χ3v) is 3.40. The van der Waals surface area contributed by atoms with Crippen molar-refractivity contribution < 1.29 is 12.9 Å². The molecule has 0 unspecified atom stereocenters. The molecule has 0 fully saturated rings. The zero-order chi connectivity index (χ0) is 14.8. The maximum Gasteiger partial charge on any atom is 0.238 e. The highest BCUT2D eigenvalue weighted by Gasteiger charge is 2.10. The minimum absolute atomic E-state index is 0.0320. The molecule has 0 bridgehead atoms. The van der Waals surface area contributed by atoms with Gasteiger partial charge in [-0.3, -0.25) is 0 Å². The highest BCUT2D eigenvalue weighted by molar-refractivity contribution is 7.89. The predicted octanol–water partition coefficient (Wildman–Crippen LogP) is 0.262. The van der Waals surface area contributed by atoms with Gasteiger partial charge in [0.2, 0.25) is 15.9 Å². The Morgan fingerprint density at radius 3 is 2.70 bits per heavy atom. The topological polar surface area (TPSA) is 137 Å². The van der Waals surface area contributed by atoms with Gasteiger partial charge in [0.25, 0.3) is 0 Å². The molecule has 0 radical (unpaired) electrons. The standard InChI is InChI=1S/C11H15N5O3S/c1-7-15-11(16-19-7)2-3-14-9-4-8(12)5-10(6-9)20(13,17)18/h4-6,14H,2-3,12H2,1H3,(H2,13,17,18). The van der Waals surface area contributed by atoms with Gasteiger partial charge in [-0.1, -0.05) is 5.16 Å². The van der Waals surface area contributed by atoms with Gasteiger partial charge in [-0.2, -0.15) is 4.98 Å². The smallest absolute Gasteiger partial charge is 0.238 e. The first kappa shape index (κ1) is 14.3. The molecular formula is C11H15N5O3S. The Kier molecular flexibility index (Phi) is 3.91. The van der Waals surface area contributed by atoms with E-state index in [1.165, 1.54) is 12.1 Å². The molecule has 0 saturated heterocycles. The van der Waals surface area contributed by atoms with Crippen molar-refractivity contribution in [2.45, 2.75) is 18.2 Å². The summed E-state index contributed by atoms with van der Waals surface area (Å²) in [7, 11) is -3.78. The van der Waals surface area contributed by atoms with Crippen molar-refractivity contribution >= 4 is 21.4 Å². The lowest BCUT2D eigenvalue weighted by Crippen LogP contribution is -2.13. The molecule has 5 N–H and O–H groups in total. The molecule has 0 aliphatic carbocycles. The summed E-state index contributed by atoms with van der Waals surface area (Å²) < 4.78 is 27.4. The number of rotatable bonds is 5. The Balaban J connectivity index is 2.04. The van der Waals surface area contributed by atoms with E-state index in [1.54, 1.807) is 13.0 Å². The van der Waals surface area contributed by atoms with Crippen molar-refractivity contribution in [1.82, 2.24) is 10.1 Å². The summed E-state index contributed by atoms with van der Waals surface area (Å²) in [6.07, 6.45) is 0.539. The van der Waals surface area contributed by atoms with Gasteiger partial charge in [0.1, 0.15) is 0 Å². The number of primary sulfonamides is 1. The summed E-state index contributed by atoms with van der Waals surface area (Å²) in [6.45, 7) is 2.21. The number of nitrogen functional groups attached to an aromatic ring is 1. The Morgan fingerprint density at radius 1 is 1.35 bits per heavy atom. The lowest BCUT2D eigenvalue weighted by Gasteiger charge is -2.08. The van der Waals surface area contributed by atoms with E-state index < -0.39 is 10.0 Å². The summed E-state index contributed by atoms with van der Waals surface area (Å²) in [5.41, 5.74) is 6.52. The second kappa shape index (κ2) is 5.47. The van der Waals surface area contributed by atoms with E-state index >= 15 is 0 Å². The van der Waals surface area contributed by atoms with Crippen LogP contribution in [-0.2, 0) is 16.4 Å². The number of aryl methyl sites for hydroxylation is 1. The maximum atomic E-state index is 11.3. The number of nitrogens with zero attached hydrogens (tertiary/aromatic N) is 2. The molecule has 20 heavy (non-hydrogen) atoms. The fraction of sp³-hybridized carbons (Fsp3) is 0.273. The summed E-state index contributed by atoms with van der Waals surface area (Å²) in [6, 6.07) is 4.35. The van der Waals surface area contributed by atoms with Crippen LogP contribution < -0.4 is 16.2 Å². The number of hydrogen-bond donors (Lipinski definition) is 3. The highest BCUT2D eigenvalue weighted by Crippen LogP contribution is 2.19. The molecule has 1 aromatic heterocycles. The van der Waals surface area contributed by atoms with E-state index in [0.29, 0.717) is 36.1 Å². The number of nitrogens with two attached hydrogens (primary N) is 2. The lowest BCUT2D eigenvalue weighted by atomic mass is 10.2. The van der Waals surface area contributed by atoms with Gasteiger partial charge in [-0.05, 0) is 18.2 Å². The van der Waals surface area contributed by atoms with Gasteiger partial charge in [0.05, 0.1) is 4.90 Å². The molecule has 0 spiro atoms. The molecule has 0 atom stereocenters. The Bertz CT molecular complexity index is 711. The van der Waals surface area contributed by atoms with Crippen LogP contribution in [-0.4, -0.2) is 25.1 Å². The second-order valence-corrected chi connectivity index (χ2v) is 5.80. The zero-order valence-corrected chi connectivity index (χ0v) is 11.6. The normalized spacial score (nSPS) is 11.5. The maximum absolute atomic E-state index is 11.3. The van der Waals surface area contributed by atoms with Crippen molar-refractivity contribution in [3.63, 3.8) is 0 Å². The molecule has 0 aliphatic rings. The van der Waals surface area contributed by atoms with Gasteiger partial charge in [-0.15, -0.1) is 0 Å². The second-order valence-electron chi connectivity index (χ2n) is 4.24. The van der Waals surface area contributed by atoms with E-state index in [1.807, 2.05) is 0 Å². The van der Waals surface area contributed by atoms with E-state index in [9.17, 15) is 8.42 Å². The van der Waals surface area contributed by atoms with Gasteiger partial charge in [0.15, 0.2) is 5.82 Å². The monoisotopic (exact) mass is 297 g/mol. The molecule has 1 aromatic carbocycles. The van der Waals surface area contributed by atoms with Crippen LogP contribution in [0.1, 0.15) is 11.7 Å². The molecule has 9 heteroatoms. The molecule has 0 aliphatic heterocycles. The fourth-order valence-electron chi connectivity index (χ4n) is 1.65. The fourth-order valence-corrected chi connectivity index (χ4v) is 2.24. The highest BCUT2D eigenvalue weighted by atomic mass is 32.2. The van der Waals surface area contributed by atoms with Gasteiger partial charge < -0.3 is 15.6 Å². The van der Waals surface area contributed by atoms with E-state index in [2.05, 4.69) is 15.5 Å². The van der Waals surface area contributed by atoms with Crippen molar-refractivity contribution in [2.75, 3.05) is 17.6 Å². The summed E-state index contributed by atoms with van der Waals surface area (Å²) in [5.74, 6) is 1.08. The van der Waals surface area contributed by atoms with Crippen LogP contribution >= 0.6 is 0 Å². The van der Waals surface area contributed by atoms with Crippen LogP contribution in [0.25, 0.3) is 0 Å². The minimum atomic E-state index is -3.78. The van der Waals surface area contributed by atoms with Crippen molar-refractivity contribution in [3.05, 3.63) is 29.9 Å². The summed E-state index contributed by atoms with van der Waals surface area (Å²) in [4.78, 5) is 4.03. The molecule has 2 rings (SSSR count). The summed E-state index contributed by atoms with van der Waals surface area (Å²) in [5, 5.41) is 11.9. The third-order valence-electron chi connectivity index (χ3n) is 2.50. The quantitative estimate of drug-likeness (QED) is 0.673. The molecule has 8 nitrogen and oxygen atoms in total. The van der Waals surface area contributed by atoms with E-state index in [-0.39, 0.29) is 4.90 Å². The number of aromatic nitrogens is 2. The third kappa shape index (κ3) is 3.68. The number of anilines is 2. The zero-order valence-electron chi connectivity index (χ0n) is 10.8. The summed E-state index contributed by atoms with van der Waals surface area (Å²) >= 11 is 0. The largest absolute Gasteiger partial charge is 0.399 e. The van der Waals surface area contributed by atoms with Crippen LogP contribution in [0.5, 0.6) is 0 Å². The minimum Gasteiger partial charge on any atom is -0.399 e. The van der Waals surface area contributed by atoms with Crippen molar-refractivity contribution in [1.29, 1.82) is 0 Å². The van der Waals surface area contributed by atoms with Crippen LogP contribution in [0.15, 0.2) is 27.6 Å². The van der Waals surface area contributed by atoms with Gasteiger partial charge in [-0.25, -0.2) is 13.6 Å². The Labute approximate surface area is 116 Å². The average molecular weight is 297 g/mol. The molecular weight excluding hydrogens is 282 g/mol. The lowest BCUT2D eigenvalue weighted by molar-refractivity contribution is 0.387. The SMILES string of the molecule is Cc1nc(CCNc2cc(N)cc(S(N)(=O)=O)c2)no1. The van der Waals surface area contributed by atoms with E-state index in [4.69, 9.17) is 15.4 Å². The van der Waals surface area contributed by atoms with Crippen LogP contribution in [0.4, 0.5) is 11.4 Å². The molecule has 0 saturated carbocycles. The number of sulfonamides is 1. The number of nitrogens with one attached hydrogen (secondary N) is 1. The van der Waals surface area contributed by atoms with Crippen LogP contribution in [0, 0.1) is 6.92 Å². The average Bonchev–Trinajstić information content (AvgIpc) is 2.73. The first-order valence-corrected chi connectivity index (χ1v) is 7.35. The number of hydrogen-bond acceptors (Lipinski definition) is 7. The van der Waals surface area contributed by atoms with Crippen molar-refractivity contribution in [2.24, 2.45) is 5.14 Å². The molecule has 1 heterocycles. The van der Waals surface area contributed by atoms with Gasteiger partial charge in [0, 0.05) is 31.3 Å². The predicted molar refractivity (Wildman–Crippen MR) is 73.5 cm³/mol. The Morgan fingerprint density at radius 2 is 2.10 bits per heavy atom. The molecule has 0 amide bonds. The molecule has 2 aromatic rings. The molecule has 108 valence electrons. The van der Waals surface area contributed by atoms with Gasteiger partial charge >= 0.3 is 0 Å².